The van der Waals surface area contributed by atoms with Crippen LogP contribution in [0.3, 0.4) is 0 Å². The number of fused-ring (bicyclic) bond motifs is 5. The van der Waals surface area contributed by atoms with Crippen molar-refractivity contribution in [2.45, 2.75) is 26.2 Å². The SMILES string of the molecule is CC(C)(C)c1cccc2c1oc1c(-c3ccc(N(c4ccc(-c5ccc6ccccc6c5)cc4)c4cccc(-c5cccc6ccccc56)c4)cc3)cccc12. The van der Waals surface area contributed by atoms with Gasteiger partial charge in [0.1, 0.15) is 11.2 Å². The summed E-state index contributed by atoms with van der Waals surface area (Å²) in [6.07, 6.45) is 0. The molecule has 0 amide bonds. The zero-order valence-corrected chi connectivity index (χ0v) is 31.8. The average Bonchev–Trinajstić information content (AvgIpc) is 3.63. The maximum Gasteiger partial charge on any atom is 0.143 e. The monoisotopic (exact) mass is 719 g/mol. The van der Waals surface area contributed by atoms with Crippen LogP contribution in [0, 0.1) is 0 Å². The molecule has 56 heavy (non-hydrogen) atoms. The molecule has 0 spiro atoms. The predicted octanol–water partition coefficient (Wildman–Crippen LogP) is 15.7. The second kappa shape index (κ2) is 13.4. The van der Waals surface area contributed by atoms with E-state index >= 15 is 0 Å². The molecule has 0 bridgehead atoms. The minimum atomic E-state index is -0.0305. The predicted molar refractivity (Wildman–Crippen MR) is 238 cm³/mol. The van der Waals surface area contributed by atoms with Crippen molar-refractivity contribution in [3.8, 4) is 33.4 Å². The van der Waals surface area contributed by atoms with Crippen molar-refractivity contribution < 1.29 is 4.42 Å². The summed E-state index contributed by atoms with van der Waals surface area (Å²) in [6.45, 7) is 6.74. The molecule has 0 aliphatic carbocycles. The van der Waals surface area contributed by atoms with Gasteiger partial charge in [-0.15, -0.1) is 0 Å². The molecule has 0 radical (unpaired) electrons. The molecule has 0 fully saturated rings. The summed E-state index contributed by atoms with van der Waals surface area (Å²) in [5.41, 5.74) is 13.4. The Hall–Kier alpha value is -6.90. The Balaban J connectivity index is 1.08. The van der Waals surface area contributed by atoms with E-state index in [1.54, 1.807) is 0 Å². The van der Waals surface area contributed by atoms with E-state index < -0.39 is 0 Å². The van der Waals surface area contributed by atoms with Crippen molar-refractivity contribution in [1.82, 2.24) is 0 Å². The number of benzene rings is 9. The van der Waals surface area contributed by atoms with Crippen LogP contribution in [0.4, 0.5) is 17.1 Å². The van der Waals surface area contributed by atoms with Crippen LogP contribution in [0.25, 0.3) is 76.9 Å². The number of furan rings is 1. The molecule has 0 saturated carbocycles. The molecular formula is C54H41NO. The Bertz CT molecular complexity index is 3050. The Morgan fingerprint density at radius 2 is 0.929 bits per heavy atom. The number of hydrogen-bond acceptors (Lipinski definition) is 2. The molecule has 10 aromatic rings. The van der Waals surface area contributed by atoms with Crippen molar-refractivity contribution in [3.63, 3.8) is 0 Å². The Kier molecular flexibility index (Phi) is 8.08. The molecule has 2 nitrogen and oxygen atoms in total. The van der Waals surface area contributed by atoms with Crippen LogP contribution in [-0.2, 0) is 5.41 Å². The van der Waals surface area contributed by atoms with Gasteiger partial charge in [-0.1, -0.05) is 172 Å². The fraction of sp³-hybridized carbons (Fsp3) is 0.0741. The molecule has 0 saturated heterocycles. The number of hydrogen-bond donors (Lipinski definition) is 0. The molecule has 9 aromatic carbocycles. The van der Waals surface area contributed by atoms with Crippen molar-refractivity contribution in [2.75, 3.05) is 4.90 Å². The summed E-state index contributed by atoms with van der Waals surface area (Å²) in [5, 5.41) is 7.29. The molecule has 0 aliphatic rings. The zero-order valence-electron chi connectivity index (χ0n) is 31.8. The first kappa shape index (κ1) is 33.7. The van der Waals surface area contributed by atoms with Crippen molar-refractivity contribution >= 4 is 60.5 Å². The molecule has 10 rings (SSSR count). The first-order chi connectivity index (χ1) is 27.4. The van der Waals surface area contributed by atoms with Gasteiger partial charge in [-0.2, -0.15) is 0 Å². The molecule has 268 valence electrons. The van der Waals surface area contributed by atoms with E-state index in [9.17, 15) is 0 Å². The molecule has 0 unspecified atom stereocenters. The quantitative estimate of drug-likeness (QED) is 0.170. The Morgan fingerprint density at radius 3 is 1.70 bits per heavy atom. The molecular weight excluding hydrogens is 679 g/mol. The average molecular weight is 720 g/mol. The highest BCUT2D eigenvalue weighted by Gasteiger charge is 2.22. The second-order valence-corrected chi connectivity index (χ2v) is 15.8. The van der Waals surface area contributed by atoms with Crippen molar-refractivity contribution in [3.05, 3.63) is 200 Å². The summed E-state index contributed by atoms with van der Waals surface area (Å²) >= 11 is 0. The van der Waals surface area contributed by atoms with E-state index in [0.717, 1.165) is 50.1 Å². The molecule has 2 heteroatoms. The lowest BCUT2D eigenvalue weighted by Gasteiger charge is -2.26. The third kappa shape index (κ3) is 5.91. The number of anilines is 3. The molecule has 0 N–H and O–H groups in total. The van der Waals surface area contributed by atoms with Gasteiger partial charge in [-0.05, 0) is 97.2 Å². The van der Waals surface area contributed by atoms with Gasteiger partial charge in [-0.3, -0.25) is 0 Å². The second-order valence-electron chi connectivity index (χ2n) is 15.8. The number of para-hydroxylation sites is 2. The minimum Gasteiger partial charge on any atom is -0.455 e. The fourth-order valence-corrected chi connectivity index (χ4v) is 8.34. The highest BCUT2D eigenvalue weighted by molar-refractivity contribution is 6.10. The smallest absolute Gasteiger partial charge is 0.143 e. The van der Waals surface area contributed by atoms with Crippen LogP contribution in [0.2, 0.25) is 0 Å². The van der Waals surface area contributed by atoms with Crippen LogP contribution in [-0.4, -0.2) is 0 Å². The van der Waals surface area contributed by atoms with E-state index in [2.05, 4.69) is 220 Å². The lowest BCUT2D eigenvalue weighted by Crippen LogP contribution is -2.10. The molecule has 1 aromatic heterocycles. The normalized spacial score (nSPS) is 11.8. The van der Waals surface area contributed by atoms with E-state index in [4.69, 9.17) is 4.42 Å². The lowest BCUT2D eigenvalue weighted by molar-refractivity contribution is 0.573. The van der Waals surface area contributed by atoms with Gasteiger partial charge in [-0.25, -0.2) is 0 Å². The molecule has 1 heterocycles. The maximum atomic E-state index is 6.76. The van der Waals surface area contributed by atoms with Crippen LogP contribution < -0.4 is 4.90 Å². The first-order valence-electron chi connectivity index (χ1n) is 19.4. The summed E-state index contributed by atoms with van der Waals surface area (Å²) in [5.74, 6) is 0. The van der Waals surface area contributed by atoms with Crippen LogP contribution in [0.1, 0.15) is 26.3 Å². The van der Waals surface area contributed by atoms with Gasteiger partial charge in [0.15, 0.2) is 0 Å². The Labute approximate surface area is 327 Å². The molecule has 0 atom stereocenters. The summed E-state index contributed by atoms with van der Waals surface area (Å²) in [4.78, 5) is 2.36. The molecule has 0 aliphatic heterocycles. The maximum absolute atomic E-state index is 6.76. The van der Waals surface area contributed by atoms with Crippen molar-refractivity contribution in [1.29, 1.82) is 0 Å². The van der Waals surface area contributed by atoms with E-state index in [1.807, 2.05) is 0 Å². The fourth-order valence-electron chi connectivity index (χ4n) is 8.34. The highest BCUT2D eigenvalue weighted by atomic mass is 16.3. The summed E-state index contributed by atoms with van der Waals surface area (Å²) < 4.78 is 6.76. The third-order valence-electron chi connectivity index (χ3n) is 11.2. The zero-order chi connectivity index (χ0) is 37.8. The Morgan fingerprint density at radius 1 is 0.357 bits per heavy atom. The van der Waals surface area contributed by atoms with E-state index in [0.29, 0.717) is 0 Å². The highest BCUT2D eigenvalue weighted by Crippen LogP contribution is 2.42. The minimum absolute atomic E-state index is 0.0305. The first-order valence-corrected chi connectivity index (χ1v) is 19.4. The standard InChI is InChI=1S/C54H41NO/c1-54(2,3)51-23-11-22-50-49-21-10-20-48(52(49)56-53(50)51)39-28-32-44(33-29-39)55(43-30-26-37(27-31-43)41-25-24-36-12-4-5-14-40(36)34-41)45-17-8-16-42(35-45)47-19-9-15-38-13-6-7-18-46(38)47/h4-35H,1-3H3. The van der Waals surface area contributed by atoms with Crippen LogP contribution >= 0.6 is 0 Å². The van der Waals surface area contributed by atoms with Gasteiger partial charge in [0.25, 0.3) is 0 Å². The lowest BCUT2D eigenvalue weighted by atomic mass is 9.86. The number of rotatable bonds is 6. The van der Waals surface area contributed by atoms with Gasteiger partial charge in [0.2, 0.25) is 0 Å². The van der Waals surface area contributed by atoms with Gasteiger partial charge in [0, 0.05) is 39.0 Å². The van der Waals surface area contributed by atoms with Gasteiger partial charge < -0.3 is 9.32 Å². The number of nitrogens with zero attached hydrogens (tertiary/aromatic N) is 1. The largest absolute Gasteiger partial charge is 0.455 e. The third-order valence-corrected chi connectivity index (χ3v) is 11.2. The van der Waals surface area contributed by atoms with Crippen LogP contribution in [0.5, 0.6) is 0 Å². The van der Waals surface area contributed by atoms with Gasteiger partial charge in [0.05, 0.1) is 0 Å². The topological polar surface area (TPSA) is 16.4 Å². The van der Waals surface area contributed by atoms with E-state index in [-0.39, 0.29) is 5.41 Å². The summed E-state index contributed by atoms with van der Waals surface area (Å²) in [7, 11) is 0. The van der Waals surface area contributed by atoms with Crippen LogP contribution in [0.15, 0.2) is 199 Å². The summed E-state index contributed by atoms with van der Waals surface area (Å²) in [6, 6.07) is 70.2. The van der Waals surface area contributed by atoms with Gasteiger partial charge >= 0.3 is 0 Å². The van der Waals surface area contributed by atoms with E-state index in [1.165, 1.54) is 49.4 Å². The van der Waals surface area contributed by atoms with Crippen molar-refractivity contribution in [2.24, 2.45) is 0 Å².